The summed E-state index contributed by atoms with van der Waals surface area (Å²) in [5.41, 5.74) is 2.52. The van der Waals surface area contributed by atoms with Crippen LogP contribution in [0, 0.1) is 0 Å². The first-order valence-corrected chi connectivity index (χ1v) is 7.73. The van der Waals surface area contributed by atoms with Crippen LogP contribution >= 0.6 is 0 Å². The minimum Gasteiger partial charge on any atom is -0.487 e. The van der Waals surface area contributed by atoms with Crippen LogP contribution in [0.15, 0.2) is 18.2 Å². The molecule has 0 saturated carbocycles. The molecular weight excluding hydrogens is 250 g/mol. The highest BCUT2D eigenvalue weighted by molar-refractivity contribution is 5.59. The largest absolute Gasteiger partial charge is 0.487 e. The Balaban J connectivity index is 1.61. The van der Waals surface area contributed by atoms with E-state index in [1.54, 1.807) is 0 Å². The predicted molar refractivity (Wildman–Crippen MR) is 82.4 cm³/mol. The SMILES string of the molecule is CCN1CCN(Cc2ccc3c(c2)NCC(C)O3)CC1. The molecule has 20 heavy (non-hydrogen) atoms. The summed E-state index contributed by atoms with van der Waals surface area (Å²) in [6.07, 6.45) is 0.260. The number of ether oxygens (including phenoxy) is 1. The summed E-state index contributed by atoms with van der Waals surface area (Å²) in [4.78, 5) is 5.06. The molecule has 4 nitrogen and oxygen atoms in total. The zero-order valence-corrected chi connectivity index (χ0v) is 12.6. The summed E-state index contributed by atoms with van der Waals surface area (Å²) in [5, 5.41) is 3.45. The number of rotatable bonds is 3. The summed E-state index contributed by atoms with van der Waals surface area (Å²) >= 11 is 0. The maximum absolute atomic E-state index is 5.82. The zero-order valence-electron chi connectivity index (χ0n) is 12.6. The molecule has 0 aliphatic carbocycles. The third kappa shape index (κ3) is 3.07. The van der Waals surface area contributed by atoms with Gasteiger partial charge in [0.05, 0.1) is 12.2 Å². The Kier molecular flexibility index (Phi) is 4.13. The van der Waals surface area contributed by atoms with Crippen molar-refractivity contribution >= 4 is 5.69 Å². The normalized spacial score (nSPS) is 23.8. The number of nitrogens with one attached hydrogen (secondary N) is 1. The van der Waals surface area contributed by atoms with Crippen LogP contribution in [0.25, 0.3) is 0 Å². The molecule has 1 atom stereocenters. The van der Waals surface area contributed by atoms with E-state index in [2.05, 4.69) is 47.2 Å². The highest BCUT2D eigenvalue weighted by atomic mass is 16.5. The zero-order chi connectivity index (χ0) is 13.9. The number of benzene rings is 1. The van der Waals surface area contributed by atoms with Gasteiger partial charge in [-0.2, -0.15) is 0 Å². The molecule has 0 radical (unpaired) electrons. The molecule has 4 heteroatoms. The van der Waals surface area contributed by atoms with Gasteiger partial charge in [-0.1, -0.05) is 13.0 Å². The standard InChI is InChI=1S/C16H25N3O/c1-3-18-6-8-19(9-7-18)12-14-4-5-16-15(10-14)17-11-13(2)20-16/h4-5,10,13,17H,3,6-9,11-12H2,1-2H3. The van der Waals surface area contributed by atoms with E-state index < -0.39 is 0 Å². The fourth-order valence-electron chi connectivity index (χ4n) is 2.95. The molecule has 2 heterocycles. The maximum Gasteiger partial charge on any atom is 0.142 e. The van der Waals surface area contributed by atoms with Crippen LogP contribution in [-0.4, -0.2) is 55.2 Å². The topological polar surface area (TPSA) is 27.7 Å². The molecule has 110 valence electrons. The molecule has 1 aromatic rings. The van der Waals surface area contributed by atoms with Crippen molar-refractivity contribution in [1.82, 2.24) is 9.80 Å². The molecule has 1 unspecified atom stereocenters. The van der Waals surface area contributed by atoms with Crippen LogP contribution in [0.2, 0.25) is 0 Å². The number of likely N-dealkylation sites (N-methyl/N-ethyl adjacent to an activating group) is 1. The van der Waals surface area contributed by atoms with E-state index in [1.165, 1.54) is 38.3 Å². The van der Waals surface area contributed by atoms with Crippen molar-refractivity contribution in [1.29, 1.82) is 0 Å². The maximum atomic E-state index is 5.82. The van der Waals surface area contributed by atoms with Gasteiger partial charge >= 0.3 is 0 Å². The molecule has 0 spiro atoms. The molecule has 1 saturated heterocycles. The van der Waals surface area contributed by atoms with Gasteiger partial charge in [-0.3, -0.25) is 4.90 Å². The van der Waals surface area contributed by atoms with Crippen LogP contribution < -0.4 is 10.1 Å². The Hall–Kier alpha value is -1.26. The van der Waals surface area contributed by atoms with E-state index in [9.17, 15) is 0 Å². The summed E-state index contributed by atoms with van der Waals surface area (Å²) in [6.45, 7) is 12.2. The fraction of sp³-hybridized carbons (Fsp3) is 0.625. The first-order valence-electron chi connectivity index (χ1n) is 7.73. The molecule has 1 aromatic carbocycles. The van der Waals surface area contributed by atoms with Gasteiger partial charge in [0.25, 0.3) is 0 Å². The Morgan fingerprint density at radius 3 is 2.70 bits per heavy atom. The highest BCUT2D eigenvalue weighted by Crippen LogP contribution is 2.30. The van der Waals surface area contributed by atoms with Crippen molar-refractivity contribution in [3.05, 3.63) is 23.8 Å². The summed E-state index contributed by atoms with van der Waals surface area (Å²) in [7, 11) is 0. The van der Waals surface area contributed by atoms with Crippen LogP contribution in [-0.2, 0) is 6.54 Å². The van der Waals surface area contributed by atoms with E-state index in [0.717, 1.165) is 24.5 Å². The number of hydrogen-bond acceptors (Lipinski definition) is 4. The molecule has 3 rings (SSSR count). The second-order valence-corrected chi connectivity index (χ2v) is 5.85. The van der Waals surface area contributed by atoms with Crippen molar-refractivity contribution in [2.75, 3.05) is 44.6 Å². The Morgan fingerprint density at radius 1 is 1.20 bits per heavy atom. The van der Waals surface area contributed by atoms with Gasteiger partial charge in [0.15, 0.2) is 0 Å². The molecule has 2 aliphatic heterocycles. The lowest BCUT2D eigenvalue weighted by Gasteiger charge is -2.34. The summed E-state index contributed by atoms with van der Waals surface area (Å²) < 4.78 is 5.82. The molecular formula is C16H25N3O. The third-order valence-corrected chi connectivity index (χ3v) is 4.27. The van der Waals surface area contributed by atoms with E-state index in [-0.39, 0.29) is 6.10 Å². The fourth-order valence-corrected chi connectivity index (χ4v) is 2.95. The van der Waals surface area contributed by atoms with Crippen LogP contribution in [0.5, 0.6) is 5.75 Å². The number of nitrogens with zero attached hydrogens (tertiary/aromatic N) is 2. The smallest absolute Gasteiger partial charge is 0.142 e. The molecule has 1 N–H and O–H groups in total. The summed E-state index contributed by atoms with van der Waals surface area (Å²) in [6, 6.07) is 6.55. The number of piperazine rings is 1. The van der Waals surface area contributed by atoms with Gasteiger partial charge in [-0.05, 0) is 31.2 Å². The summed E-state index contributed by atoms with van der Waals surface area (Å²) in [5.74, 6) is 0.989. The number of anilines is 1. The molecule has 2 aliphatic rings. The first-order chi connectivity index (χ1) is 9.74. The lowest BCUT2D eigenvalue weighted by atomic mass is 10.1. The van der Waals surface area contributed by atoms with Crippen LogP contribution in [0.4, 0.5) is 5.69 Å². The van der Waals surface area contributed by atoms with Gasteiger partial charge in [0.2, 0.25) is 0 Å². The monoisotopic (exact) mass is 275 g/mol. The quantitative estimate of drug-likeness (QED) is 0.913. The lowest BCUT2D eigenvalue weighted by Crippen LogP contribution is -2.45. The second kappa shape index (κ2) is 6.02. The van der Waals surface area contributed by atoms with Gasteiger partial charge in [0, 0.05) is 32.7 Å². The van der Waals surface area contributed by atoms with Crippen LogP contribution in [0.3, 0.4) is 0 Å². The Morgan fingerprint density at radius 2 is 1.95 bits per heavy atom. The van der Waals surface area contributed by atoms with E-state index in [4.69, 9.17) is 4.74 Å². The Labute approximate surface area is 121 Å². The average molecular weight is 275 g/mol. The third-order valence-electron chi connectivity index (χ3n) is 4.27. The number of hydrogen-bond donors (Lipinski definition) is 1. The van der Waals surface area contributed by atoms with Crippen molar-refractivity contribution in [3.63, 3.8) is 0 Å². The van der Waals surface area contributed by atoms with Gasteiger partial charge in [0.1, 0.15) is 11.9 Å². The lowest BCUT2D eigenvalue weighted by molar-refractivity contribution is 0.132. The molecule has 0 amide bonds. The van der Waals surface area contributed by atoms with E-state index in [0.29, 0.717) is 0 Å². The molecule has 0 aromatic heterocycles. The van der Waals surface area contributed by atoms with Crippen LogP contribution in [0.1, 0.15) is 19.4 Å². The van der Waals surface area contributed by atoms with Crippen molar-refractivity contribution in [2.24, 2.45) is 0 Å². The first kappa shape index (κ1) is 13.7. The van der Waals surface area contributed by atoms with Crippen molar-refractivity contribution in [2.45, 2.75) is 26.5 Å². The van der Waals surface area contributed by atoms with E-state index >= 15 is 0 Å². The van der Waals surface area contributed by atoms with Gasteiger partial charge in [-0.15, -0.1) is 0 Å². The van der Waals surface area contributed by atoms with Crippen molar-refractivity contribution in [3.8, 4) is 5.75 Å². The minimum atomic E-state index is 0.260. The molecule has 0 bridgehead atoms. The Bertz CT molecular complexity index is 455. The number of fused-ring (bicyclic) bond motifs is 1. The van der Waals surface area contributed by atoms with Gasteiger partial charge in [-0.25, -0.2) is 0 Å². The predicted octanol–water partition coefficient (Wildman–Crippen LogP) is 2.02. The highest BCUT2D eigenvalue weighted by Gasteiger charge is 2.18. The average Bonchev–Trinajstić information content (AvgIpc) is 2.48. The van der Waals surface area contributed by atoms with E-state index in [1.807, 2.05) is 0 Å². The van der Waals surface area contributed by atoms with Gasteiger partial charge < -0.3 is 15.0 Å². The molecule has 1 fully saturated rings. The second-order valence-electron chi connectivity index (χ2n) is 5.85. The van der Waals surface area contributed by atoms with Crippen molar-refractivity contribution < 1.29 is 4.74 Å². The minimum absolute atomic E-state index is 0.260.